The van der Waals surface area contributed by atoms with Crippen LogP contribution in [0.15, 0.2) is 48.1 Å². The van der Waals surface area contributed by atoms with E-state index in [2.05, 4.69) is 0 Å². The maximum absolute atomic E-state index is 11.3. The van der Waals surface area contributed by atoms with Crippen molar-refractivity contribution in [2.45, 2.75) is 83.0 Å². The lowest BCUT2D eigenvalue weighted by molar-refractivity contribution is -0.154. The maximum Gasteiger partial charge on any atom is 0.303 e. The van der Waals surface area contributed by atoms with E-state index < -0.39 is 49.2 Å². The van der Waals surface area contributed by atoms with Gasteiger partial charge in [0.2, 0.25) is 11.8 Å². The molecule has 4 aliphatic rings. The first-order chi connectivity index (χ1) is 18.5. The van der Waals surface area contributed by atoms with E-state index in [9.17, 15) is 24.6 Å². The van der Waals surface area contributed by atoms with Crippen LogP contribution in [-0.4, -0.2) is 92.5 Å². The summed E-state index contributed by atoms with van der Waals surface area (Å²) in [6, 6.07) is 0. The third kappa shape index (κ3) is 7.05. The largest absolute Gasteiger partial charge is 0.457 e. The second-order valence-corrected chi connectivity index (χ2v) is 9.74. The Labute approximate surface area is 226 Å². The Kier molecular flexibility index (Phi) is 10.3. The molecule has 7 N–H and O–H groups in total. The minimum Gasteiger partial charge on any atom is -0.457 e. The molecule has 216 valence electrons. The molecular formula is C26H38N4O9. The van der Waals surface area contributed by atoms with Gasteiger partial charge in [0.1, 0.15) is 18.3 Å². The van der Waals surface area contributed by atoms with Crippen molar-refractivity contribution in [2.75, 3.05) is 6.61 Å². The van der Waals surface area contributed by atoms with Gasteiger partial charge in [-0.25, -0.2) is 0 Å². The molecule has 13 heteroatoms. The van der Waals surface area contributed by atoms with E-state index in [-0.39, 0.29) is 24.1 Å². The van der Waals surface area contributed by atoms with Gasteiger partial charge in [-0.1, -0.05) is 26.0 Å². The van der Waals surface area contributed by atoms with Crippen molar-refractivity contribution in [3.8, 4) is 0 Å². The van der Waals surface area contributed by atoms with Gasteiger partial charge in [0.05, 0.1) is 12.7 Å². The van der Waals surface area contributed by atoms with Crippen LogP contribution < -0.4 is 11.5 Å². The molecule has 4 rings (SSSR count). The third-order valence-corrected chi connectivity index (χ3v) is 6.98. The predicted molar refractivity (Wildman–Crippen MR) is 137 cm³/mol. The molecule has 2 amide bonds. The number of allylic oxidation sites excluding steroid dienone is 2. The number of aliphatic hydroxyl groups is 3. The number of hydrogen-bond acceptors (Lipinski definition) is 11. The van der Waals surface area contributed by atoms with Crippen LogP contribution in [0.3, 0.4) is 0 Å². The molecule has 0 bridgehead atoms. The van der Waals surface area contributed by atoms with Crippen LogP contribution in [0.2, 0.25) is 0 Å². The fraction of sp³-hybridized carbons (Fsp3) is 0.577. The molecule has 8 atom stereocenters. The second kappa shape index (κ2) is 13.2. The Bertz CT molecular complexity index is 1040. The van der Waals surface area contributed by atoms with Gasteiger partial charge in [0.15, 0.2) is 18.6 Å². The zero-order valence-electron chi connectivity index (χ0n) is 22.3. The summed E-state index contributed by atoms with van der Waals surface area (Å²) in [6.07, 6.45) is 7.10. The minimum atomic E-state index is -1.17. The molecule has 0 spiro atoms. The van der Waals surface area contributed by atoms with Crippen molar-refractivity contribution in [1.82, 2.24) is 9.80 Å². The van der Waals surface area contributed by atoms with Crippen LogP contribution in [-0.2, 0) is 28.6 Å². The summed E-state index contributed by atoms with van der Waals surface area (Å²) < 4.78 is 16.8. The lowest BCUT2D eigenvalue weighted by atomic mass is 9.98. The maximum atomic E-state index is 11.3. The predicted octanol–water partition coefficient (Wildman–Crippen LogP) is -0.708. The number of nitrogens with two attached hydrogens (primary N) is 2. The molecule has 4 aliphatic heterocycles. The third-order valence-electron chi connectivity index (χ3n) is 6.98. The fourth-order valence-electron chi connectivity index (χ4n) is 4.84. The highest BCUT2D eigenvalue weighted by Crippen LogP contribution is 2.34. The van der Waals surface area contributed by atoms with Gasteiger partial charge in [0.25, 0.3) is 0 Å². The molecule has 0 aromatic carbocycles. The van der Waals surface area contributed by atoms with Crippen LogP contribution in [0.25, 0.3) is 0 Å². The molecule has 0 unspecified atom stereocenters. The van der Waals surface area contributed by atoms with E-state index >= 15 is 0 Å². The van der Waals surface area contributed by atoms with Gasteiger partial charge >= 0.3 is 5.97 Å². The lowest BCUT2D eigenvalue weighted by Crippen LogP contribution is -2.40. The molecule has 4 heterocycles. The number of ether oxygens (including phenoxy) is 3. The standard InChI is InChI=1S/C15H22N2O4.C11H16N2O5/c1-4-12-9(2)13(20-10(3)18)15(21-12)17-7-5-6-11(8-17)14(16)19;12-10(17)6-2-1-3-13(4-6)11-9(16)8(15)7(5-14)18-11/h5,7-9,12-13,15H,4,6H2,1-3H3,(H2,16,19);1,3-4,7-9,11,14-16H,2,5H2,(H2,12,17)/t9-,12-,13-,15-;7-,8-,9-,11-/m11/s1. The molecule has 0 aromatic heterocycles. The Morgan fingerprint density at radius 3 is 1.90 bits per heavy atom. The summed E-state index contributed by atoms with van der Waals surface area (Å²) in [6.45, 7) is 5.04. The molecular weight excluding hydrogens is 512 g/mol. The monoisotopic (exact) mass is 550 g/mol. The average molecular weight is 551 g/mol. The van der Waals surface area contributed by atoms with Gasteiger partial charge < -0.3 is 50.8 Å². The Balaban J connectivity index is 0.000000218. The number of aliphatic hydroxyl groups excluding tert-OH is 3. The summed E-state index contributed by atoms with van der Waals surface area (Å²) in [5, 5.41) is 28.5. The second-order valence-electron chi connectivity index (χ2n) is 9.74. The lowest BCUT2D eigenvalue weighted by Gasteiger charge is -2.30. The van der Waals surface area contributed by atoms with Crippen molar-refractivity contribution in [3.63, 3.8) is 0 Å². The first-order valence-corrected chi connectivity index (χ1v) is 12.8. The number of carbonyl (C=O) groups excluding carboxylic acids is 3. The van der Waals surface area contributed by atoms with Crippen molar-refractivity contribution < 1.29 is 43.9 Å². The summed E-state index contributed by atoms with van der Waals surface area (Å²) in [4.78, 5) is 37.0. The fourth-order valence-corrected chi connectivity index (χ4v) is 4.84. The van der Waals surface area contributed by atoms with Crippen LogP contribution in [0.4, 0.5) is 0 Å². The van der Waals surface area contributed by atoms with E-state index in [0.717, 1.165) is 6.42 Å². The molecule has 13 nitrogen and oxygen atoms in total. The SMILES string of the molecule is CC[C@H]1O[C@@H](N2C=CCC(C(N)=O)=C2)[C@H](OC(C)=O)[C@@H]1C.NC(=O)C1=CN([C@@H]2O[C@H](CO)[C@@H](O)[C@H]2O)C=CC1. The van der Waals surface area contributed by atoms with Gasteiger partial charge in [-0.15, -0.1) is 0 Å². The molecule has 0 saturated carbocycles. The van der Waals surface area contributed by atoms with Gasteiger partial charge in [0, 0.05) is 48.8 Å². The van der Waals surface area contributed by atoms with E-state index in [4.69, 9.17) is 30.8 Å². The Morgan fingerprint density at radius 1 is 0.949 bits per heavy atom. The number of esters is 1. The van der Waals surface area contributed by atoms with Gasteiger partial charge in [-0.05, 0) is 19.3 Å². The number of nitrogens with zero attached hydrogens (tertiary/aromatic N) is 2. The minimum absolute atomic E-state index is 0.0140. The van der Waals surface area contributed by atoms with Gasteiger partial charge in [-0.3, -0.25) is 14.4 Å². The normalized spacial score (nSPS) is 33.7. The Morgan fingerprint density at radius 2 is 1.46 bits per heavy atom. The summed E-state index contributed by atoms with van der Waals surface area (Å²) in [5.74, 6) is -1.25. The topological polar surface area (TPSA) is 198 Å². The summed E-state index contributed by atoms with van der Waals surface area (Å²) in [5.41, 5.74) is 11.4. The van der Waals surface area contributed by atoms with Crippen LogP contribution in [0.1, 0.15) is 40.0 Å². The van der Waals surface area contributed by atoms with Crippen molar-refractivity contribution in [1.29, 1.82) is 0 Å². The van der Waals surface area contributed by atoms with Gasteiger partial charge in [-0.2, -0.15) is 0 Å². The highest BCUT2D eigenvalue weighted by molar-refractivity contribution is 5.92. The molecule has 0 aliphatic carbocycles. The van der Waals surface area contributed by atoms with Crippen molar-refractivity contribution in [2.24, 2.45) is 17.4 Å². The molecule has 2 saturated heterocycles. The molecule has 39 heavy (non-hydrogen) atoms. The van der Waals surface area contributed by atoms with E-state index in [1.54, 1.807) is 23.4 Å². The molecule has 2 fully saturated rings. The highest BCUT2D eigenvalue weighted by atomic mass is 16.6. The number of hydrogen-bond donors (Lipinski definition) is 5. The van der Waals surface area contributed by atoms with E-state index in [0.29, 0.717) is 24.0 Å². The van der Waals surface area contributed by atoms with Crippen LogP contribution >= 0.6 is 0 Å². The first-order valence-electron chi connectivity index (χ1n) is 12.8. The van der Waals surface area contributed by atoms with E-state index in [1.807, 2.05) is 26.1 Å². The Hall–Kier alpha value is -3.23. The summed E-state index contributed by atoms with van der Waals surface area (Å²) in [7, 11) is 0. The number of carbonyl (C=O) groups is 3. The smallest absolute Gasteiger partial charge is 0.303 e. The molecule has 0 radical (unpaired) electrons. The number of primary amides is 2. The summed E-state index contributed by atoms with van der Waals surface area (Å²) >= 11 is 0. The molecule has 0 aromatic rings. The van der Waals surface area contributed by atoms with E-state index in [1.165, 1.54) is 18.0 Å². The highest BCUT2D eigenvalue weighted by Gasteiger charge is 2.46. The average Bonchev–Trinajstić information content (AvgIpc) is 3.39. The zero-order chi connectivity index (χ0) is 28.9. The first kappa shape index (κ1) is 30.3. The van der Waals surface area contributed by atoms with Crippen LogP contribution in [0.5, 0.6) is 0 Å². The van der Waals surface area contributed by atoms with Crippen LogP contribution in [0, 0.1) is 5.92 Å². The zero-order valence-corrected chi connectivity index (χ0v) is 22.3. The van der Waals surface area contributed by atoms with Crippen molar-refractivity contribution >= 4 is 17.8 Å². The number of amides is 2. The number of rotatable bonds is 7. The quantitative estimate of drug-likeness (QED) is 0.251. The van der Waals surface area contributed by atoms with Crippen molar-refractivity contribution in [3.05, 3.63) is 48.1 Å².